The second-order valence-electron chi connectivity index (χ2n) is 4.42. The average Bonchev–Trinajstić information content (AvgIpc) is 2.47. The molecule has 0 bridgehead atoms. The molecule has 0 fully saturated rings. The molecule has 0 saturated heterocycles. The smallest absolute Gasteiger partial charge is 0.292 e. The van der Waals surface area contributed by atoms with Gasteiger partial charge in [0.1, 0.15) is 5.69 Å². The Labute approximate surface area is 120 Å². The van der Waals surface area contributed by atoms with Crippen molar-refractivity contribution in [1.29, 1.82) is 5.26 Å². The fourth-order valence-electron chi connectivity index (χ4n) is 1.80. The summed E-state index contributed by atoms with van der Waals surface area (Å²) in [4.78, 5) is 22.5. The van der Waals surface area contributed by atoms with E-state index in [0.717, 1.165) is 5.56 Å². The summed E-state index contributed by atoms with van der Waals surface area (Å²) in [6, 6.07) is 12.5. The predicted molar refractivity (Wildman–Crippen MR) is 76.9 cm³/mol. The highest BCUT2D eigenvalue weighted by Crippen LogP contribution is 2.25. The monoisotopic (exact) mass is 281 g/mol. The van der Waals surface area contributed by atoms with Crippen LogP contribution in [0.5, 0.6) is 0 Å². The highest BCUT2D eigenvalue weighted by Gasteiger charge is 2.16. The van der Waals surface area contributed by atoms with Crippen molar-refractivity contribution in [2.45, 2.75) is 6.92 Å². The Bertz CT molecular complexity index is 746. The number of hydrogen-bond donors (Lipinski definition) is 1. The van der Waals surface area contributed by atoms with Gasteiger partial charge in [-0.25, -0.2) is 0 Å². The molecule has 2 aromatic carbocycles. The number of amides is 1. The van der Waals surface area contributed by atoms with Crippen molar-refractivity contribution >= 4 is 17.3 Å². The molecule has 0 spiro atoms. The molecule has 21 heavy (non-hydrogen) atoms. The van der Waals surface area contributed by atoms with E-state index in [1.165, 1.54) is 30.3 Å². The number of anilines is 1. The number of nitrogens with zero attached hydrogens (tertiary/aromatic N) is 2. The molecule has 0 aliphatic heterocycles. The van der Waals surface area contributed by atoms with Gasteiger partial charge in [0, 0.05) is 11.6 Å². The van der Waals surface area contributed by atoms with E-state index in [4.69, 9.17) is 5.26 Å². The third kappa shape index (κ3) is 3.22. The molecule has 6 nitrogen and oxygen atoms in total. The van der Waals surface area contributed by atoms with Crippen molar-refractivity contribution in [3.8, 4) is 6.07 Å². The number of nitriles is 1. The van der Waals surface area contributed by atoms with Crippen molar-refractivity contribution < 1.29 is 9.72 Å². The SMILES string of the molecule is Cc1ccc([N+](=O)[O-])c(NC(=O)c2ccc(C#N)cc2)c1. The summed E-state index contributed by atoms with van der Waals surface area (Å²) in [5, 5.41) is 22.2. The van der Waals surface area contributed by atoms with Crippen molar-refractivity contribution in [3.05, 3.63) is 69.3 Å². The normalized spacial score (nSPS) is 9.71. The Kier molecular flexibility index (Phi) is 3.95. The summed E-state index contributed by atoms with van der Waals surface area (Å²) in [5.74, 6) is -0.465. The summed E-state index contributed by atoms with van der Waals surface area (Å²) < 4.78 is 0. The number of carbonyl (C=O) groups excluding carboxylic acids is 1. The third-order valence-electron chi connectivity index (χ3n) is 2.87. The van der Waals surface area contributed by atoms with E-state index >= 15 is 0 Å². The molecule has 2 aromatic rings. The van der Waals surface area contributed by atoms with Gasteiger partial charge in [0.2, 0.25) is 0 Å². The Balaban J connectivity index is 2.28. The lowest BCUT2D eigenvalue weighted by Crippen LogP contribution is -2.13. The van der Waals surface area contributed by atoms with Crippen LogP contribution in [0.3, 0.4) is 0 Å². The van der Waals surface area contributed by atoms with Crippen LogP contribution in [0.1, 0.15) is 21.5 Å². The number of nitrogens with one attached hydrogen (secondary N) is 1. The standard InChI is InChI=1S/C15H11N3O3/c1-10-2-7-14(18(20)21)13(8-10)17-15(19)12-5-3-11(9-16)4-6-12/h2-8H,1H3,(H,17,19). The highest BCUT2D eigenvalue weighted by atomic mass is 16.6. The molecule has 0 aliphatic rings. The van der Waals surface area contributed by atoms with Gasteiger partial charge in [-0.05, 0) is 42.8 Å². The number of carbonyl (C=O) groups is 1. The second-order valence-corrected chi connectivity index (χ2v) is 4.42. The number of nitro benzene ring substituents is 1. The molecule has 0 unspecified atom stereocenters. The number of benzene rings is 2. The van der Waals surface area contributed by atoms with Crippen molar-refractivity contribution in [3.63, 3.8) is 0 Å². The number of nitro groups is 1. The van der Waals surface area contributed by atoms with Gasteiger partial charge < -0.3 is 5.32 Å². The Morgan fingerprint density at radius 1 is 1.24 bits per heavy atom. The summed E-state index contributed by atoms with van der Waals surface area (Å²) in [6.07, 6.45) is 0. The number of rotatable bonds is 3. The van der Waals surface area contributed by atoms with Crippen LogP contribution in [0, 0.1) is 28.4 Å². The van der Waals surface area contributed by atoms with Crippen LogP contribution >= 0.6 is 0 Å². The van der Waals surface area contributed by atoms with Gasteiger partial charge >= 0.3 is 0 Å². The lowest BCUT2D eigenvalue weighted by atomic mass is 10.1. The molecule has 0 radical (unpaired) electrons. The largest absolute Gasteiger partial charge is 0.316 e. The van der Waals surface area contributed by atoms with Crippen molar-refractivity contribution in [1.82, 2.24) is 0 Å². The van der Waals surface area contributed by atoms with Gasteiger partial charge in [0.25, 0.3) is 11.6 Å². The summed E-state index contributed by atoms with van der Waals surface area (Å²) in [6.45, 7) is 1.78. The minimum Gasteiger partial charge on any atom is -0.316 e. The van der Waals surface area contributed by atoms with Gasteiger partial charge in [-0.15, -0.1) is 0 Å². The van der Waals surface area contributed by atoms with Gasteiger partial charge in [-0.3, -0.25) is 14.9 Å². The molecule has 0 heterocycles. The first-order valence-corrected chi connectivity index (χ1v) is 6.08. The topological polar surface area (TPSA) is 96.0 Å². The lowest BCUT2D eigenvalue weighted by Gasteiger charge is -2.07. The van der Waals surface area contributed by atoms with Crippen molar-refractivity contribution in [2.75, 3.05) is 5.32 Å². The van der Waals surface area contributed by atoms with Crippen LogP contribution in [0.15, 0.2) is 42.5 Å². The molecule has 0 aromatic heterocycles. The molecular weight excluding hydrogens is 270 g/mol. The van der Waals surface area contributed by atoms with E-state index in [0.29, 0.717) is 11.1 Å². The van der Waals surface area contributed by atoms with E-state index in [2.05, 4.69) is 5.32 Å². The molecular formula is C15H11N3O3. The Morgan fingerprint density at radius 3 is 2.48 bits per heavy atom. The molecule has 0 aliphatic carbocycles. The van der Waals surface area contributed by atoms with Crippen molar-refractivity contribution in [2.24, 2.45) is 0 Å². The van der Waals surface area contributed by atoms with Gasteiger partial charge in [0.05, 0.1) is 16.6 Å². The summed E-state index contributed by atoms with van der Waals surface area (Å²) in [7, 11) is 0. The summed E-state index contributed by atoms with van der Waals surface area (Å²) in [5.41, 5.74) is 1.55. The third-order valence-corrected chi connectivity index (χ3v) is 2.87. The lowest BCUT2D eigenvalue weighted by molar-refractivity contribution is -0.383. The maximum Gasteiger partial charge on any atom is 0.292 e. The van der Waals surface area contributed by atoms with E-state index in [1.807, 2.05) is 6.07 Å². The molecule has 1 N–H and O–H groups in total. The zero-order chi connectivity index (χ0) is 15.4. The van der Waals surface area contributed by atoms with Crippen LogP contribution in [-0.4, -0.2) is 10.8 Å². The van der Waals surface area contributed by atoms with E-state index < -0.39 is 10.8 Å². The van der Waals surface area contributed by atoms with Crippen LogP contribution in [0.2, 0.25) is 0 Å². The minimum absolute atomic E-state index is 0.148. The molecule has 0 saturated carbocycles. The first-order chi connectivity index (χ1) is 10.0. The van der Waals surface area contributed by atoms with E-state index in [-0.39, 0.29) is 11.4 Å². The number of hydrogen-bond acceptors (Lipinski definition) is 4. The highest BCUT2D eigenvalue weighted by molar-refractivity contribution is 6.05. The average molecular weight is 281 g/mol. The molecule has 0 atom stereocenters. The molecule has 104 valence electrons. The van der Waals surface area contributed by atoms with Crippen LogP contribution in [-0.2, 0) is 0 Å². The van der Waals surface area contributed by atoms with E-state index in [9.17, 15) is 14.9 Å². The minimum atomic E-state index is -0.548. The quantitative estimate of drug-likeness (QED) is 0.690. The fraction of sp³-hybridized carbons (Fsp3) is 0.0667. The zero-order valence-electron chi connectivity index (χ0n) is 11.2. The molecule has 6 heteroatoms. The van der Waals surface area contributed by atoms with Crippen LogP contribution < -0.4 is 5.32 Å². The molecule has 2 rings (SSSR count). The Morgan fingerprint density at radius 2 is 1.90 bits per heavy atom. The zero-order valence-corrected chi connectivity index (χ0v) is 11.2. The van der Waals surface area contributed by atoms with Crippen LogP contribution in [0.4, 0.5) is 11.4 Å². The van der Waals surface area contributed by atoms with E-state index in [1.54, 1.807) is 19.1 Å². The number of aryl methyl sites for hydroxylation is 1. The maximum atomic E-state index is 12.1. The van der Waals surface area contributed by atoms with Crippen LogP contribution in [0.25, 0.3) is 0 Å². The maximum absolute atomic E-state index is 12.1. The first kappa shape index (κ1) is 14.2. The fourth-order valence-corrected chi connectivity index (χ4v) is 1.80. The van der Waals surface area contributed by atoms with Gasteiger partial charge in [-0.2, -0.15) is 5.26 Å². The Hall–Kier alpha value is -3.20. The molecule has 1 amide bonds. The predicted octanol–water partition coefficient (Wildman–Crippen LogP) is 3.03. The second kappa shape index (κ2) is 5.84. The van der Waals surface area contributed by atoms with Gasteiger partial charge in [0.15, 0.2) is 0 Å². The summed E-state index contributed by atoms with van der Waals surface area (Å²) >= 11 is 0. The first-order valence-electron chi connectivity index (χ1n) is 6.08. The van der Waals surface area contributed by atoms with Gasteiger partial charge in [-0.1, -0.05) is 6.07 Å².